The third kappa shape index (κ3) is 2.71. The quantitative estimate of drug-likeness (QED) is 0.865. The summed E-state index contributed by atoms with van der Waals surface area (Å²) in [7, 11) is -1.93. The molecule has 0 heterocycles. The second-order valence-electron chi connectivity index (χ2n) is 5.78. The Morgan fingerprint density at radius 1 is 1.04 bits per heavy atom. The fourth-order valence-electron chi connectivity index (χ4n) is 2.93. The molecule has 118 valence electrons. The van der Waals surface area contributed by atoms with Crippen LogP contribution in [0.1, 0.15) is 17.0 Å². The minimum absolute atomic E-state index is 0.280. The van der Waals surface area contributed by atoms with Crippen molar-refractivity contribution in [3.63, 3.8) is 0 Å². The largest absolute Gasteiger partial charge is 0.497 e. The summed E-state index contributed by atoms with van der Waals surface area (Å²) >= 11 is 0. The average molecular weight is 327 g/mol. The Morgan fingerprint density at radius 2 is 1.65 bits per heavy atom. The summed E-state index contributed by atoms with van der Waals surface area (Å²) in [6.07, 6.45) is 0. The monoisotopic (exact) mass is 327 g/mol. The second kappa shape index (κ2) is 5.71. The molecule has 0 N–H and O–H groups in total. The van der Waals surface area contributed by atoms with E-state index < -0.39 is 21.0 Å². The van der Waals surface area contributed by atoms with E-state index in [1.807, 2.05) is 19.1 Å². The van der Waals surface area contributed by atoms with Crippen molar-refractivity contribution in [2.75, 3.05) is 7.11 Å². The Morgan fingerprint density at radius 3 is 2.17 bits per heavy atom. The van der Waals surface area contributed by atoms with Gasteiger partial charge in [-0.1, -0.05) is 29.8 Å². The standard InChI is InChI=1S/C18H17NO3S/c1-12-3-9-15(10-4-12)23(20,21)18-16(11-19)17(18)13-5-7-14(22-2)8-6-13/h3-10,16-18H,1-2H3/t16-,17+,18+/m1/s1. The molecule has 23 heavy (non-hydrogen) atoms. The van der Waals surface area contributed by atoms with E-state index in [9.17, 15) is 13.7 Å². The number of ether oxygens (including phenoxy) is 1. The summed E-state index contributed by atoms with van der Waals surface area (Å²) in [4.78, 5) is 0.282. The highest BCUT2D eigenvalue weighted by Gasteiger charge is 2.59. The average Bonchev–Trinajstić information content (AvgIpc) is 3.31. The van der Waals surface area contributed by atoms with Gasteiger partial charge >= 0.3 is 0 Å². The zero-order valence-corrected chi connectivity index (χ0v) is 13.7. The molecule has 2 aromatic carbocycles. The van der Waals surface area contributed by atoms with Gasteiger partial charge in [0, 0.05) is 5.92 Å². The fraction of sp³-hybridized carbons (Fsp3) is 0.278. The molecule has 0 spiro atoms. The van der Waals surface area contributed by atoms with Crippen molar-refractivity contribution in [3.8, 4) is 11.8 Å². The number of nitrogens with zero attached hydrogens (tertiary/aromatic N) is 1. The first-order chi connectivity index (χ1) is 11.0. The van der Waals surface area contributed by atoms with Crippen LogP contribution in [0.4, 0.5) is 0 Å². The molecule has 0 bridgehead atoms. The Kier molecular flexibility index (Phi) is 3.87. The maximum Gasteiger partial charge on any atom is 0.183 e. The first-order valence-corrected chi connectivity index (χ1v) is 8.88. The molecule has 1 aliphatic rings. The highest BCUT2D eigenvalue weighted by Crippen LogP contribution is 2.53. The van der Waals surface area contributed by atoms with Gasteiger partial charge in [0.25, 0.3) is 0 Å². The summed E-state index contributed by atoms with van der Waals surface area (Å²) in [6, 6.07) is 16.2. The van der Waals surface area contributed by atoms with Crippen LogP contribution in [0.3, 0.4) is 0 Å². The summed E-state index contributed by atoms with van der Waals surface area (Å²) in [5.74, 6) is -0.0762. The molecule has 5 heteroatoms. The Bertz CT molecular complexity index is 849. The summed E-state index contributed by atoms with van der Waals surface area (Å²) in [5, 5.41) is 8.65. The minimum Gasteiger partial charge on any atom is -0.497 e. The first kappa shape index (κ1) is 15.6. The van der Waals surface area contributed by atoms with Gasteiger partial charge in [0.05, 0.1) is 29.2 Å². The normalized spacial score (nSPS) is 23.1. The van der Waals surface area contributed by atoms with Crippen molar-refractivity contribution in [1.82, 2.24) is 0 Å². The molecule has 0 amide bonds. The van der Waals surface area contributed by atoms with Crippen molar-refractivity contribution < 1.29 is 13.2 Å². The van der Waals surface area contributed by atoms with Crippen molar-refractivity contribution >= 4 is 9.84 Å². The van der Waals surface area contributed by atoms with Crippen molar-refractivity contribution in [2.45, 2.75) is 23.0 Å². The molecule has 3 atom stereocenters. The lowest BCUT2D eigenvalue weighted by Crippen LogP contribution is -2.10. The van der Waals surface area contributed by atoms with Gasteiger partial charge in [0.15, 0.2) is 9.84 Å². The lowest BCUT2D eigenvalue weighted by Gasteiger charge is -2.05. The first-order valence-electron chi connectivity index (χ1n) is 7.33. The van der Waals surface area contributed by atoms with Gasteiger partial charge in [-0.3, -0.25) is 0 Å². The van der Waals surface area contributed by atoms with Crippen molar-refractivity contribution in [2.24, 2.45) is 5.92 Å². The number of methoxy groups -OCH3 is 1. The van der Waals surface area contributed by atoms with Gasteiger partial charge in [-0.15, -0.1) is 0 Å². The van der Waals surface area contributed by atoms with Gasteiger partial charge in [-0.25, -0.2) is 8.42 Å². The predicted molar refractivity (Wildman–Crippen MR) is 87.0 cm³/mol. The zero-order chi connectivity index (χ0) is 16.6. The molecule has 0 aliphatic heterocycles. The lowest BCUT2D eigenvalue weighted by molar-refractivity contribution is 0.414. The predicted octanol–water partition coefficient (Wildman–Crippen LogP) is 3.08. The highest BCUT2D eigenvalue weighted by molar-refractivity contribution is 7.92. The maximum absolute atomic E-state index is 12.8. The van der Waals surface area contributed by atoms with Crippen LogP contribution in [0.25, 0.3) is 0 Å². The van der Waals surface area contributed by atoms with E-state index in [0.29, 0.717) is 5.75 Å². The molecule has 3 rings (SSSR count). The van der Waals surface area contributed by atoms with Gasteiger partial charge in [-0.05, 0) is 36.8 Å². The third-order valence-corrected chi connectivity index (χ3v) is 6.54. The molecule has 1 fully saturated rings. The van der Waals surface area contributed by atoms with E-state index in [4.69, 9.17) is 4.74 Å². The van der Waals surface area contributed by atoms with Crippen molar-refractivity contribution in [1.29, 1.82) is 5.26 Å². The van der Waals surface area contributed by atoms with E-state index in [1.165, 1.54) is 0 Å². The number of benzene rings is 2. The Labute approximate surface area is 136 Å². The van der Waals surface area contributed by atoms with E-state index in [0.717, 1.165) is 11.1 Å². The van der Waals surface area contributed by atoms with E-state index in [1.54, 1.807) is 43.5 Å². The SMILES string of the molecule is COc1ccc([C@H]2[C@@H](C#N)[C@@H]2S(=O)(=O)c2ccc(C)cc2)cc1. The molecule has 0 radical (unpaired) electrons. The van der Waals surface area contributed by atoms with Crippen LogP contribution >= 0.6 is 0 Å². The number of hydrogen-bond donors (Lipinski definition) is 0. The molecule has 0 unspecified atom stereocenters. The smallest absolute Gasteiger partial charge is 0.183 e. The minimum atomic E-state index is -3.51. The van der Waals surface area contributed by atoms with E-state index >= 15 is 0 Å². The zero-order valence-electron chi connectivity index (χ0n) is 12.9. The molecule has 1 aliphatic carbocycles. The molecule has 2 aromatic rings. The van der Waals surface area contributed by atoms with Crippen LogP contribution in [0.15, 0.2) is 53.4 Å². The molecule has 0 saturated heterocycles. The van der Waals surface area contributed by atoms with Gasteiger partial charge in [-0.2, -0.15) is 5.26 Å². The number of hydrogen-bond acceptors (Lipinski definition) is 4. The number of rotatable bonds is 4. The number of sulfone groups is 1. The maximum atomic E-state index is 12.8. The summed E-state index contributed by atoms with van der Waals surface area (Å²) < 4.78 is 30.7. The van der Waals surface area contributed by atoms with Gasteiger partial charge < -0.3 is 4.74 Å². The second-order valence-corrected chi connectivity index (χ2v) is 7.88. The topological polar surface area (TPSA) is 67.2 Å². The van der Waals surface area contributed by atoms with Crippen LogP contribution in [0, 0.1) is 24.2 Å². The summed E-state index contributed by atoms with van der Waals surface area (Å²) in [5.41, 5.74) is 1.86. The Balaban J connectivity index is 1.92. The van der Waals surface area contributed by atoms with Crippen molar-refractivity contribution in [3.05, 3.63) is 59.7 Å². The number of aryl methyl sites for hydroxylation is 1. The van der Waals surface area contributed by atoms with Gasteiger partial charge in [0.2, 0.25) is 0 Å². The number of nitriles is 1. The van der Waals surface area contributed by atoms with Gasteiger partial charge in [0.1, 0.15) is 5.75 Å². The van der Waals surface area contributed by atoms with Crippen LogP contribution in [0.2, 0.25) is 0 Å². The molecule has 1 saturated carbocycles. The van der Waals surface area contributed by atoms with Crippen LogP contribution in [-0.2, 0) is 9.84 Å². The molecule has 0 aromatic heterocycles. The van der Waals surface area contributed by atoms with Crippen LogP contribution in [-0.4, -0.2) is 20.8 Å². The molecular weight excluding hydrogens is 310 g/mol. The van der Waals surface area contributed by atoms with Crippen LogP contribution < -0.4 is 4.74 Å². The van der Waals surface area contributed by atoms with E-state index in [-0.39, 0.29) is 10.8 Å². The lowest BCUT2D eigenvalue weighted by atomic mass is 10.1. The summed E-state index contributed by atoms with van der Waals surface area (Å²) in [6.45, 7) is 1.91. The molecular formula is C18H17NO3S. The Hall–Kier alpha value is -2.32. The third-order valence-electron chi connectivity index (χ3n) is 4.31. The molecule has 4 nitrogen and oxygen atoms in total. The fourth-order valence-corrected chi connectivity index (χ4v) is 5.00. The van der Waals surface area contributed by atoms with E-state index in [2.05, 4.69) is 6.07 Å². The highest BCUT2D eigenvalue weighted by atomic mass is 32.2. The van der Waals surface area contributed by atoms with Crippen LogP contribution in [0.5, 0.6) is 5.75 Å².